The maximum absolute atomic E-state index is 8.98. The average molecular weight is 231 g/mol. The van der Waals surface area contributed by atoms with Gasteiger partial charge in [-0.25, -0.2) is 4.98 Å². The van der Waals surface area contributed by atoms with Crippen LogP contribution in [0.4, 0.5) is 0 Å². The fourth-order valence-electron chi connectivity index (χ4n) is 1.85. The molecule has 0 saturated carbocycles. The van der Waals surface area contributed by atoms with Crippen LogP contribution in [0.2, 0.25) is 0 Å². The van der Waals surface area contributed by atoms with Crippen molar-refractivity contribution in [3.05, 3.63) is 48.9 Å². The van der Waals surface area contributed by atoms with Crippen molar-refractivity contribution in [1.82, 2.24) is 14.3 Å². The number of nitrogens with zero attached hydrogens (tertiary/aromatic N) is 3. The molecule has 0 aromatic carbocycles. The van der Waals surface area contributed by atoms with Crippen molar-refractivity contribution in [2.24, 2.45) is 0 Å². The molecule has 0 atom stereocenters. The summed E-state index contributed by atoms with van der Waals surface area (Å²) in [4.78, 5) is 6.63. The molecule has 2 heterocycles. The first kappa shape index (κ1) is 11.8. The van der Waals surface area contributed by atoms with Crippen molar-refractivity contribution in [1.29, 1.82) is 0 Å². The quantitative estimate of drug-likeness (QED) is 0.762. The van der Waals surface area contributed by atoms with Gasteiger partial charge in [0.15, 0.2) is 0 Å². The third kappa shape index (κ3) is 2.93. The molecule has 0 fully saturated rings. The van der Waals surface area contributed by atoms with E-state index in [-0.39, 0.29) is 6.61 Å². The van der Waals surface area contributed by atoms with E-state index in [0.29, 0.717) is 6.54 Å². The second-order valence-electron chi connectivity index (χ2n) is 3.95. The Morgan fingerprint density at radius 1 is 1.47 bits per heavy atom. The zero-order chi connectivity index (χ0) is 12.1. The molecule has 0 spiro atoms. The van der Waals surface area contributed by atoms with Gasteiger partial charge in [0.2, 0.25) is 0 Å². The smallest absolute Gasteiger partial charge is 0.137 e. The zero-order valence-electron chi connectivity index (χ0n) is 9.79. The largest absolute Gasteiger partial charge is 0.395 e. The maximum atomic E-state index is 8.98. The predicted octanol–water partition coefficient (Wildman–Crippen LogP) is 1.31. The minimum absolute atomic E-state index is 0.154. The van der Waals surface area contributed by atoms with Gasteiger partial charge in [-0.2, -0.15) is 0 Å². The molecule has 1 N–H and O–H groups in total. The Morgan fingerprint density at radius 2 is 2.35 bits per heavy atom. The number of rotatable bonds is 6. The summed E-state index contributed by atoms with van der Waals surface area (Å²) < 4.78 is 2.00. The third-order valence-electron chi connectivity index (χ3n) is 2.60. The predicted molar refractivity (Wildman–Crippen MR) is 67.8 cm³/mol. The van der Waals surface area contributed by atoms with Crippen LogP contribution in [0, 0.1) is 0 Å². The van der Waals surface area contributed by atoms with Crippen LogP contribution in [0.25, 0.3) is 5.65 Å². The highest BCUT2D eigenvalue weighted by Crippen LogP contribution is 2.07. The molecule has 2 aromatic heterocycles. The number of aliphatic hydroxyl groups is 1. The highest BCUT2D eigenvalue weighted by atomic mass is 16.3. The van der Waals surface area contributed by atoms with E-state index in [1.165, 1.54) is 0 Å². The number of imidazole rings is 1. The standard InChI is InChI=1S/C13H17N3O/c1-2-6-15(8-9-17)10-12-11-16-7-4-3-5-13(16)14-12/h2-5,7,11,17H,1,6,8-10H2. The topological polar surface area (TPSA) is 40.8 Å². The summed E-state index contributed by atoms with van der Waals surface area (Å²) in [6, 6.07) is 5.93. The van der Waals surface area contributed by atoms with E-state index in [2.05, 4.69) is 16.5 Å². The fourth-order valence-corrected chi connectivity index (χ4v) is 1.85. The van der Waals surface area contributed by atoms with Crippen LogP contribution in [0.1, 0.15) is 5.69 Å². The molecule has 2 aromatic rings. The molecule has 0 unspecified atom stereocenters. The summed E-state index contributed by atoms with van der Waals surface area (Å²) in [5.74, 6) is 0. The van der Waals surface area contributed by atoms with Crippen LogP contribution in [0.15, 0.2) is 43.2 Å². The van der Waals surface area contributed by atoms with Gasteiger partial charge in [0.25, 0.3) is 0 Å². The lowest BCUT2D eigenvalue weighted by Gasteiger charge is -2.17. The molecule has 4 nitrogen and oxygen atoms in total. The molecule has 4 heteroatoms. The van der Waals surface area contributed by atoms with Crippen molar-refractivity contribution in [3.63, 3.8) is 0 Å². The third-order valence-corrected chi connectivity index (χ3v) is 2.60. The highest BCUT2D eigenvalue weighted by Gasteiger charge is 2.06. The van der Waals surface area contributed by atoms with E-state index < -0.39 is 0 Å². The Bertz CT molecular complexity index is 459. The summed E-state index contributed by atoms with van der Waals surface area (Å²) in [5, 5.41) is 8.98. The summed E-state index contributed by atoms with van der Waals surface area (Å²) in [6.07, 6.45) is 5.84. The van der Waals surface area contributed by atoms with Gasteiger partial charge in [-0.05, 0) is 12.1 Å². The Kier molecular flexibility index (Phi) is 3.90. The molecular weight excluding hydrogens is 214 g/mol. The number of fused-ring (bicyclic) bond motifs is 1. The summed E-state index contributed by atoms with van der Waals surface area (Å²) in [7, 11) is 0. The van der Waals surface area contributed by atoms with Crippen molar-refractivity contribution in [2.45, 2.75) is 6.54 Å². The van der Waals surface area contributed by atoms with E-state index in [0.717, 1.165) is 24.4 Å². The van der Waals surface area contributed by atoms with Crippen LogP contribution in [-0.4, -0.2) is 39.1 Å². The fraction of sp³-hybridized carbons (Fsp3) is 0.308. The number of hydrogen-bond acceptors (Lipinski definition) is 3. The molecule has 0 bridgehead atoms. The normalized spacial score (nSPS) is 11.2. The Balaban J connectivity index is 2.13. The van der Waals surface area contributed by atoms with Gasteiger partial charge in [-0.3, -0.25) is 4.90 Å². The zero-order valence-corrected chi connectivity index (χ0v) is 9.79. The van der Waals surface area contributed by atoms with E-state index in [9.17, 15) is 0 Å². The van der Waals surface area contributed by atoms with Crippen LogP contribution in [0.5, 0.6) is 0 Å². The second kappa shape index (κ2) is 5.61. The SMILES string of the molecule is C=CCN(CCO)Cc1cn2ccccc2n1. The van der Waals surface area contributed by atoms with Gasteiger partial charge >= 0.3 is 0 Å². The molecular formula is C13H17N3O. The number of aliphatic hydroxyl groups excluding tert-OH is 1. The number of aromatic nitrogens is 2. The van der Waals surface area contributed by atoms with E-state index in [4.69, 9.17) is 5.11 Å². The Labute approximate surface area is 101 Å². The molecule has 0 radical (unpaired) electrons. The van der Waals surface area contributed by atoms with Crippen molar-refractivity contribution in [3.8, 4) is 0 Å². The summed E-state index contributed by atoms with van der Waals surface area (Å²) in [5.41, 5.74) is 1.96. The van der Waals surface area contributed by atoms with Gasteiger partial charge < -0.3 is 9.51 Å². The molecule has 0 aliphatic rings. The van der Waals surface area contributed by atoms with E-state index >= 15 is 0 Å². The van der Waals surface area contributed by atoms with Crippen molar-refractivity contribution >= 4 is 5.65 Å². The number of pyridine rings is 1. The minimum atomic E-state index is 0.154. The molecule has 0 aliphatic carbocycles. The lowest BCUT2D eigenvalue weighted by atomic mass is 10.4. The van der Waals surface area contributed by atoms with Gasteiger partial charge in [-0.1, -0.05) is 12.1 Å². The molecule has 17 heavy (non-hydrogen) atoms. The summed E-state index contributed by atoms with van der Waals surface area (Å²) in [6.45, 7) is 6.00. The lowest BCUT2D eigenvalue weighted by molar-refractivity contribution is 0.202. The molecule has 0 aliphatic heterocycles. The summed E-state index contributed by atoms with van der Waals surface area (Å²) >= 11 is 0. The first-order valence-corrected chi connectivity index (χ1v) is 5.70. The van der Waals surface area contributed by atoms with Crippen molar-refractivity contribution in [2.75, 3.05) is 19.7 Å². The van der Waals surface area contributed by atoms with Crippen LogP contribution in [-0.2, 0) is 6.54 Å². The Hall–Kier alpha value is -1.65. The second-order valence-corrected chi connectivity index (χ2v) is 3.95. The minimum Gasteiger partial charge on any atom is -0.395 e. The van der Waals surface area contributed by atoms with E-state index in [1.54, 1.807) is 0 Å². The van der Waals surface area contributed by atoms with Gasteiger partial charge in [0.1, 0.15) is 5.65 Å². The van der Waals surface area contributed by atoms with Gasteiger partial charge in [0, 0.05) is 32.0 Å². The molecule has 0 saturated heterocycles. The van der Waals surface area contributed by atoms with Gasteiger partial charge in [0.05, 0.1) is 12.3 Å². The molecule has 90 valence electrons. The van der Waals surface area contributed by atoms with E-state index in [1.807, 2.05) is 41.1 Å². The monoisotopic (exact) mass is 231 g/mol. The molecule has 0 amide bonds. The Morgan fingerprint density at radius 3 is 3.06 bits per heavy atom. The average Bonchev–Trinajstić information content (AvgIpc) is 2.71. The van der Waals surface area contributed by atoms with Crippen molar-refractivity contribution < 1.29 is 5.11 Å². The lowest BCUT2D eigenvalue weighted by Crippen LogP contribution is -2.26. The van der Waals surface area contributed by atoms with Crippen LogP contribution < -0.4 is 0 Å². The van der Waals surface area contributed by atoms with Crippen LogP contribution in [0.3, 0.4) is 0 Å². The first-order valence-electron chi connectivity index (χ1n) is 5.70. The highest BCUT2D eigenvalue weighted by molar-refractivity contribution is 5.39. The molecule has 2 rings (SSSR count). The first-order chi connectivity index (χ1) is 8.33. The maximum Gasteiger partial charge on any atom is 0.137 e. The number of hydrogen-bond donors (Lipinski definition) is 1. The van der Waals surface area contributed by atoms with Gasteiger partial charge in [-0.15, -0.1) is 6.58 Å². The van der Waals surface area contributed by atoms with Crippen LogP contribution >= 0.6 is 0 Å².